The molecule has 1 saturated heterocycles. The fourth-order valence-electron chi connectivity index (χ4n) is 4.78. The summed E-state index contributed by atoms with van der Waals surface area (Å²) in [5, 5.41) is 5.36. The van der Waals surface area contributed by atoms with Crippen LogP contribution in [0.25, 0.3) is 0 Å². The van der Waals surface area contributed by atoms with E-state index < -0.39 is 17.6 Å². The Morgan fingerprint density at radius 1 is 1.06 bits per heavy atom. The summed E-state index contributed by atoms with van der Waals surface area (Å²) in [5.74, 6) is 0.225. The largest absolute Gasteiger partial charge is 0.481 e. The molecule has 0 atom stereocenters. The summed E-state index contributed by atoms with van der Waals surface area (Å²) in [7, 11) is 1.61. The van der Waals surface area contributed by atoms with Gasteiger partial charge in [0.05, 0.1) is 25.3 Å². The number of aromatic nitrogens is 1. The quantitative estimate of drug-likeness (QED) is 0.622. The lowest BCUT2D eigenvalue weighted by atomic mass is 9.81. The highest BCUT2D eigenvalue weighted by molar-refractivity contribution is 5.96. The number of likely N-dealkylation sites (tertiary alicyclic amines) is 1. The molecular weight excluding hydrogens is 461 g/mol. The number of carbonyl (C=O) groups is 2. The van der Waals surface area contributed by atoms with Crippen LogP contribution in [0.4, 0.5) is 13.2 Å². The molecule has 4 rings (SSSR count). The van der Waals surface area contributed by atoms with E-state index in [4.69, 9.17) is 4.74 Å². The van der Waals surface area contributed by atoms with Gasteiger partial charge in [-0.2, -0.15) is 13.2 Å². The van der Waals surface area contributed by atoms with Crippen LogP contribution in [0.1, 0.15) is 53.1 Å². The molecule has 0 unspecified atom stereocenters. The summed E-state index contributed by atoms with van der Waals surface area (Å²) in [6.07, 6.45) is 1.83. The number of pyridine rings is 1. The number of halogens is 3. The molecule has 2 aliphatic rings. The monoisotopic (exact) mass is 490 g/mol. The van der Waals surface area contributed by atoms with Crippen molar-refractivity contribution in [3.05, 3.63) is 59.3 Å². The van der Waals surface area contributed by atoms with Crippen molar-refractivity contribution in [1.29, 1.82) is 0 Å². The lowest BCUT2D eigenvalue weighted by molar-refractivity contribution is -0.137. The van der Waals surface area contributed by atoms with Crippen molar-refractivity contribution in [2.45, 2.75) is 49.9 Å². The molecule has 2 aromatic rings. The van der Waals surface area contributed by atoms with Crippen molar-refractivity contribution in [2.75, 3.05) is 26.7 Å². The van der Waals surface area contributed by atoms with Gasteiger partial charge in [0.1, 0.15) is 0 Å². The molecule has 0 bridgehead atoms. The molecule has 188 valence electrons. The van der Waals surface area contributed by atoms with Crippen molar-refractivity contribution in [1.82, 2.24) is 20.5 Å². The Labute approximate surface area is 202 Å². The molecular formula is C25H29F3N4O3. The summed E-state index contributed by atoms with van der Waals surface area (Å²) in [6.45, 7) is 1.33. The molecule has 10 heteroatoms. The summed E-state index contributed by atoms with van der Waals surface area (Å²) < 4.78 is 43.0. The highest BCUT2D eigenvalue weighted by atomic mass is 19.4. The maximum absolute atomic E-state index is 12.6. The molecule has 2 fully saturated rings. The number of methoxy groups -OCH3 is 1. The van der Waals surface area contributed by atoms with Gasteiger partial charge >= 0.3 is 6.18 Å². The number of hydrogen-bond acceptors (Lipinski definition) is 5. The van der Waals surface area contributed by atoms with Gasteiger partial charge in [-0.1, -0.05) is 6.07 Å². The molecule has 2 amide bonds. The minimum Gasteiger partial charge on any atom is -0.481 e. The summed E-state index contributed by atoms with van der Waals surface area (Å²) in [4.78, 5) is 31.0. The second-order valence-corrected chi connectivity index (χ2v) is 9.12. The van der Waals surface area contributed by atoms with E-state index in [-0.39, 0.29) is 24.1 Å². The molecule has 0 radical (unpaired) electrons. The lowest BCUT2D eigenvalue weighted by Crippen LogP contribution is -2.63. The molecule has 1 aliphatic heterocycles. The first-order valence-electron chi connectivity index (χ1n) is 11.7. The van der Waals surface area contributed by atoms with Gasteiger partial charge in [0.25, 0.3) is 5.91 Å². The average Bonchev–Trinajstić information content (AvgIpc) is 2.84. The fraction of sp³-hybridized carbons (Fsp3) is 0.480. The maximum atomic E-state index is 12.6. The van der Waals surface area contributed by atoms with Crippen LogP contribution in [0.3, 0.4) is 0 Å². The van der Waals surface area contributed by atoms with Crippen molar-refractivity contribution < 1.29 is 27.5 Å². The predicted octanol–water partition coefficient (Wildman–Crippen LogP) is 3.37. The SMILES string of the molecule is COc1ccc(C2CCC(N3CC(NC(=O)CNC(=O)c4ccc(C(F)(F)F)cc4)C3)CC2)cn1. The first-order valence-corrected chi connectivity index (χ1v) is 11.7. The highest BCUT2D eigenvalue weighted by Crippen LogP contribution is 2.36. The molecule has 2 heterocycles. The Morgan fingerprint density at radius 2 is 1.74 bits per heavy atom. The van der Waals surface area contributed by atoms with Crippen LogP contribution in [0.5, 0.6) is 5.88 Å². The third kappa shape index (κ3) is 6.30. The minimum atomic E-state index is -4.46. The van der Waals surface area contributed by atoms with Gasteiger partial charge in [0.15, 0.2) is 0 Å². The van der Waals surface area contributed by atoms with Gasteiger partial charge < -0.3 is 15.4 Å². The van der Waals surface area contributed by atoms with E-state index in [1.807, 2.05) is 12.3 Å². The number of rotatable bonds is 7. The zero-order valence-electron chi connectivity index (χ0n) is 19.5. The molecule has 35 heavy (non-hydrogen) atoms. The smallest absolute Gasteiger partial charge is 0.416 e. The maximum Gasteiger partial charge on any atom is 0.416 e. The second kappa shape index (κ2) is 10.6. The number of nitrogens with one attached hydrogen (secondary N) is 2. The Kier molecular flexibility index (Phi) is 7.59. The Bertz CT molecular complexity index is 1010. The highest BCUT2D eigenvalue weighted by Gasteiger charge is 2.35. The normalized spacial score (nSPS) is 21.1. The van der Waals surface area contributed by atoms with Gasteiger partial charge in [-0.3, -0.25) is 14.5 Å². The van der Waals surface area contributed by atoms with E-state index in [1.165, 1.54) is 5.56 Å². The van der Waals surface area contributed by atoms with Crippen LogP contribution in [-0.2, 0) is 11.0 Å². The Morgan fingerprint density at radius 3 is 2.31 bits per heavy atom. The Balaban J connectivity index is 1.14. The van der Waals surface area contributed by atoms with E-state index in [1.54, 1.807) is 7.11 Å². The van der Waals surface area contributed by atoms with Gasteiger partial charge in [0.2, 0.25) is 11.8 Å². The zero-order valence-corrected chi connectivity index (χ0v) is 19.5. The standard InChI is InChI=1S/C25H29F3N4O3/c1-35-23-11-6-18(12-29-23)16-4-9-21(10-5-16)32-14-20(15-32)31-22(33)13-30-24(34)17-2-7-19(8-3-17)25(26,27)28/h2-3,6-8,11-12,16,20-21H,4-5,9-10,13-15H2,1H3,(H,30,34)(H,31,33). The summed E-state index contributed by atoms with van der Waals surface area (Å²) in [6, 6.07) is 8.41. The van der Waals surface area contributed by atoms with Crippen LogP contribution < -0.4 is 15.4 Å². The first kappa shape index (κ1) is 25.0. The molecule has 1 aromatic carbocycles. The number of benzene rings is 1. The van der Waals surface area contributed by atoms with E-state index in [9.17, 15) is 22.8 Å². The zero-order chi connectivity index (χ0) is 25.0. The molecule has 2 N–H and O–H groups in total. The van der Waals surface area contributed by atoms with Crippen molar-refractivity contribution >= 4 is 11.8 Å². The Hall–Kier alpha value is -3.14. The number of carbonyl (C=O) groups excluding carboxylic acids is 2. The van der Waals surface area contributed by atoms with Crippen molar-refractivity contribution in [3.8, 4) is 5.88 Å². The molecule has 1 aromatic heterocycles. The average molecular weight is 491 g/mol. The molecule has 1 saturated carbocycles. The van der Waals surface area contributed by atoms with Crippen molar-refractivity contribution in [2.24, 2.45) is 0 Å². The van der Waals surface area contributed by atoms with Crippen LogP contribution in [-0.4, -0.2) is 60.5 Å². The third-order valence-corrected chi connectivity index (χ3v) is 6.81. The van der Waals surface area contributed by atoms with Crippen LogP contribution in [0.2, 0.25) is 0 Å². The van der Waals surface area contributed by atoms with Gasteiger partial charge in [-0.25, -0.2) is 4.98 Å². The molecule has 7 nitrogen and oxygen atoms in total. The number of amides is 2. The van der Waals surface area contributed by atoms with Gasteiger partial charge in [0, 0.05) is 37.0 Å². The summed E-state index contributed by atoms with van der Waals surface area (Å²) >= 11 is 0. The lowest BCUT2D eigenvalue weighted by Gasteiger charge is -2.46. The van der Waals surface area contributed by atoms with E-state index >= 15 is 0 Å². The van der Waals surface area contributed by atoms with Crippen LogP contribution in [0, 0.1) is 0 Å². The number of nitrogens with zero attached hydrogens (tertiary/aromatic N) is 2. The van der Waals surface area contributed by atoms with Gasteiger partial charge in [-0.15, -0.1) is 0 Å². The topological polar surface area (TPSA) is 83.6 Å². The van der Waals surface area contributed by atoms with Gasteiger partial charge in [-0.05, 0) is 61.4 Å². The van der Waals surface area contributed by atoms with Crippen LogP contribution >= 0.6 is 0 Å². The third-order valence-electron chi connectivity index (χ3n) is 6.81. The number of hydrogen-bond donors (Lipinski definition) is 2. The van der Waals surface area contributed by atoms with Crippen LogP contribution in [0.15, 0.2) is 42.6 Å². The second-order valence-electron chi connectivity index (χ2n) is 9.12. The van der Waals surface area contributed by atoms with E-state index in [0.29, 0.717) is 17.8 Å². The van der Waals surface area contributed by atoms with E-state index in [2.05, 4.69) is 26.6 Å². The summed E-state index contributed by atoms with van der Waals surface area (Å²) in [5.41, 5.74) is 0.491. The first-order chi connectivity index (χ1) is 16.7. The molecule has 1 aliphatic carbocycles. The predicted molar refractivity (Wildman–Crippen MR) is 123 cm³/mol. The minimum absolute atomic E-state index is 0.0361. The fourth-order valence-corrected chi connectivity index (χ4v) is 4.78. The van der Waals surface area contributed by atoms with Crippen molar-refractivity contribution in [3.63, 3.8) is 0 Å². The van der Waals surface area contributed by atoms with E-state index in [0.717, 1.165) is 63.0 Å². The molecule has 0 spiro atoms. The number of ether oxygens (including phenoxy) is 1. The number of alkyl halides is 3.